The molecule has 0 saturated carbocycles. The molecule has 0 bridgehead atoms. The van der Waals surface area contributed by atoms with Crippen LogP contribution in [-0.2, 0) is 14.3 Å². The first kappa shape index (κ1) is 19.2. The second kappa shape index (κ2) is 7.97. The number of nitrogens with zero attached hydrogens (tertiary/aromatic N) is 3. The SMILES string of the molecule is COCCN1C(=O)C(=O)/C(=C(\O)c2ccc([N+](=O)[O-])cc2)C1c1ccncc1. The summed E-state index contributed by atoms with van der Waals surface area (Å²) >= 11 is 0. The molecule has 9 nitrogen and oxygen atoms in total. The third-order valence-corrected chi connectivity index (χ3v) is 4.45. The van der Waals surface area contributed by atoms with Crippen LogP contribution in [0.3, 0.4) is 0 Å². The van der Waals surface area contributed by atoms with Gasteiger partial charge < -0.3 is 14.7 Å². The van der Waals surface area contributed by atoms with Gasteiger partial charge in [-0.15, -0.1) is 0 Å². The number of amides is 1. The fourth-order valence-corrected chi connectivity index (χ4v) is 3.09. The Balaban J connectivity index is 2.11. The van der Waals surface area contributed by atoms with Crippen molar-refractivity contribution in [2.45, 2.75) is 6.04 Å². The first-order valence-corrected chi connectivity index (χ1v) is 8.37. The van der Waals surface area contributed by atoms with Crippen LogP contribution in [0.5, 0.6) is 0 Å². The van der Waals surface area contributed by atoms with Crippen molar-refractivity contribution in [3.8, 4) is 0 Å². The van der Waals surface area contributed by atoms with Gasteiger partial charge in [0.1, 0.15) is 5.76 Å². The maximum atomic E-state index is 12.7. The summed E-state index contributed by atoms with van der Waals surface area (Å²) in [6, 6.07) is 7.60. The Labute approximate surface area is 160 Å². The topological polar surface area (TPSA) is 123 Å². The number of carbonyl (C=O) groups is 2. The zero-order valence-corrected chi connectivity index (χ0v) is 14.9. The summed E-state index contributed by atoms with van der Waals surface area (Å²) in [4.78, 5) is 40.8. The highest BCUT2D eigenvalue weighted by Gasteiger charge is 2.45. The molecule has 144 valence electrons. The van der Waals surface area contributed by atoms with E-state index in [4.69, 9.17) is 4.74 Å². The molecule has 9 heteroatoms. The van der Waals surface area contributed by atoms with Crippen LogP contribution in [0.2, 0.25) is 0 Å². The summed E-state index contributed by atoms with van der Waals surface area (Å²) in [6.07, 6.45) is 3.05. The smallest absolute Gasteiger partial charge is 0.295 e. The Hall–Kier alpha value is -3.59. The van der Waals surface area contributed by atoms with E-state index in [0.29, 0.717) is 5.56 Å². The van der Waals surface area contributed by atoms with Gasteiger partial charge in [-0.25, -0.2) is 0 Å². The van der Waals surface area contributed by atoms with E-state index in [-0.39, 0.29) is 30.0 Å². The zero-order chi connectivity index (χ0) is 20.3. The number of rotatable bonds is 6. The standard InChI is InChI=1S/C19H17N3O6/c1-28-11-10-21-16(12-6-8-20-9-7-12)15(18(24)19(21)25)17(23)13-2-4-14(5-3-13)22(26)27/h2-9,16,23H,10-11H2,1H3/b17-15-. The lowest BCUT2D eigenvalue weighted by molar-refractivity contribution is -0.384. The van der Waals surface area contributed by atoms with Crippen LogP contribution in [0.25, 0.3) is 5.76 Å². The van der Waals surface area contributed by atoms with Gasteiger partial charge in [0.05, 0.1) is 23.1 Å². The van der Waals surface area contributed by atoms with Crippen molar-refractivity contribution >= 4 is 23.1 Å². The molecule has 3 rings (SSSR count). The molecule has 1 fully saturated rings. The molecular formula is C19H17N3O6. The van der Waals surface area contributed by atoms with Crippen LogP contribution in [-0.4, -0.2) is 51.9 Å². The lowest BCUT2D eigenvalue weighted by atomic mass is 9.96. The molecule has 1 amide bonds. The van der Waals surface area contributed by atoms with Crippen LogP contribution in [0.1, 0.15) is 17.2 Å². The van der Waals surface area contributed by atoms with Crippen LogP contribution < -0.4 is 0 Å². The molecule has 2 heterocycles. The van der Waals surface area contributed by atoms with Crippen LogP contribution in [0, 0.1) is 10.1 Å². The van der Waals surface area contributed by atoms with Crippen LogP contribution >= 0.6 is 0 Å². The highest BCUT2D eigenvalue weighted by Crippen LogP contribution is 2.39. The Morgan fingerprint density at radius 2 is 1.86 bits per heavy atom. The monoisotopic (exact) mass is 383 g/mol. The number of hydrogen-bond donors (Lipinski definition) is 1. The second-order valence-electron chi connectivity index (χ2n) is 6.07. The van der Waals surface area contributed by atoms with E-state index in [2.05, 4.69) is 4.98 Å². The summed E-state index contributed by atoms with van der Waals surface area (Å²) in [6.45, 7) is 0.372. The van der Waals surface area contributed by atoms with Gasteiger partial charge in [0.25, 0.3) is 17.4 Å². The summed E-state index contributed by atoms with van der Waals surface area (Å²) in [5.74, 6) is -1.97. The number of carbonyl (C=O) groups excluding carboxylic acids is 2. The Morgan fingerprint density at radius 1 is 1.21 bits per heavy atom. The summed E-state index contributed by atoms with van der Waals surface area (Å²) < 4.78 is 5.03. The largest absolute Gasteiger partial charge is 0.507 e. The van der Waals surface area contributed by atoms with E-state index in [1.807, 2.05) is 0 Å². The number of pyridine rings is 1. The lowest BCUT2D eigenvalue weighted by Crippen LogP contribution is -2.32. The molecule has 0 aliphatic carbocycles. The molecule has 1 aromatic carbocycles. The molecule has 0 radical (unpaired) electrons. The molecule has 28 heavy (non-hydrogen) atoms. The number of aromatic nitrogens is 1. The van der Waals surface area contributed by atoms with Crippen molar-refractivity contribution in [1.82, 2.24) is 9.88 Å². The predicted molar refractivity (Wildman–Crippen MR) is 98.2 cm³/mol. The molecule has 1 atom stereocenters. The predicted octanol–water partition coefficient (Wildman–Crippen LogP) is 2.06. The lowest BCUT2D eigenvalue weighted by Gasteiger charge is -2.24. The maximum Gasteiger partial charge on any atom is 0.295 e. The van der Waals surface area contributed by atoms with E-state index < -0.39 is 28.4 Å². The number of aliphatic hydroxyl groups excluding tert-OH is 1. The number of likely N-dealkylation sites (tertiary alicyclic amines) is 1. The number of nitro groups is 1. The fraction of sp³-hybridized carbons (Fsp3) is 0.211. The van der Waals surface area contributed by atoms with Crippen molar-refractivity contribution in [1.29, 1.82) is 0 Å². The highest BCUT2D eigenvalue weighted by molar-refractivity contribution is 6.46. The molecule has 2 aromatic rings. The molecule has 1 unspecified atom stereocenters. The Bertz CT molecular complexity index is 940. The van der Waals surface area contributed by atoms with Gasteiger partial charge in [-0.05, 0) is 29.8 Å². The third kappa shape index (κ3) is 3.47. The minimum absolute atomic E-state index is 0.0823. The quantitative estimate of drug-likeness (QED) is 0.266. The summed E-state index contributed by atoms with van der Waals surface area (Å²) in [7, 11) is 1.48. The van der Waals surface area contributed by atoms with Crippen LogP contribution in [0.15, 0.2) is 54.4 Å². The molecular weight excluding hydrogens is 366 g/mol. The number of ketones is 1. The minimum Gasteiger partial charge on any atom is -0.507 e. The second-order valence-corrected chi connectivity index (χ2v) is 6.07. The number of hydrogen-bond acceptors (Lipinski definition) is 7. The average molecular weight is 383 g/mol. The van der Waals surface area contributed by atoms with E-state index >= 15 is 0 Å². The molecule has 1 aromatic heterocycles. The number of Topliss-reactive ketones (excluding diaryl/α,β-unsaturated/α-hetero) is 1. The minimum atomic E-state index is -0.825. The van der Waals surface area contributed by atoms with E-state index in [1.54, 1.807) is 12.1 Å². The average Bonchev–Trinajstić information content (AvgIpc) is 2.97. The van der Waals surface area contributed by atoms with Crippen molar-refractivity contribution in [2.75, 3.05) is 20.3 Å². The number of ether oxygens (including phenoxy) is 1. The van der Waals surface area contributed by atoms with Gasteiger partial charge in [-0.2, -0.15) is 0 Å². The van der Waals surface area contributed by atoms with Gasteiger partial charge in [0.2, 0.25) is 0 Å². The summed E-state index contributed by atoms with van der Waals surface area (Å²) in [5.41, 5.74) is 0.576. The zero-order valence-electron chi connectivity index (χ0n) is 14.9. The first-order valence-electron chi connectivity index (χ1n) is 8.37. The van der Waals surface area contributed by atoms with Gasteiger partial charge >= 0.3 is 0 Å². The normalized spacial score (nSPS) is 18.5. The fourth-order valence-electron chi connectivity index (χ4n) is 3.09. The van der Waals surface area contributed by atoms with E-state index in [1.165, 1.54) is 48.7 Å². The molecule has 1 aliphatic rings. The molecule has 1 saturated heterocycles. The van der Waals surface area contributed by atoms with Crippen LogP contribution in [0.4, 0.5) is 5.69 Å². The van der Waals surface area contributed by atoms with Crippen molar-refractivity contribution < 1.29 is 24.4 Å². The van der Waals surface area contributed by atoms with Gasteiger partial charge in [-0.1, -0.05) is 0 Å². The first-order chi connectivity index (χ1) is 13.5. The molecule has 0 spiro atoms. The van der Waals surface area contributed by atoms with E-state index in [0.717, 1.165) is 0 Å². The highest BCUT2D eigenvalue weighted by atomic mass is 16.6. The Morgan fingerprint density at radius 3 is 2.43 bits per heavy atom. The molecule has 1 N–H and O–H groups in total. The number of benzene rings is 1. The van der Waals surface area contributed by atoms with Gasteiger partial charge in [0, 0.05) is 43.7 Å². The van der Waals surface area contributed by atoms with E-state index in [9.17, 15) is 24.8 Å². The molecule has 1 aliphatic heterocycles. The number of non-ortho nitro benzene ring substituents is 1. The number of methoxy groups -OCH3 is 1. The van der Waals surface area contributed by atoms with Crippen molar-refractivity contribution in [3.63, 3.8) is 0 Å². The maximum absolute atomic E-state index is 12.7. The number of aliphatic hydroxyl groups is 1. The van der Waals surface area contributed by atoms with Crippen molar-refractivity contribution in [3.05, 3.63) is 75.6 Å². The summed E-state index contributed by atoms with van der Waals surface area (Å²) in [5, 5.41) is 21.6. The Kier molecular flexibility index (Phi) is 5.46. The third-order valence-electron chi connectivity index (χ3n) is 4.45. The van der Waals surface area contributed by atoms with Crippen molar-refractivity contribution in [2.24, 2.45) is 0 Å². The van der Waals surface area contributed by atoms with Gasteiger partial charge in [-0.3, -0.25) is 24.7 Å². The van der Waals surface area contributed by atoms with Gasteiger partial charge in [0.15, 0.2) is 0 Å². The number of nitro benzene ring substituents is 1.